The van der Waals surface area contributed by atoms with Crippen molar-refractivity contribution in [2.75, 3.05) is 13.9 Å². The van der Waals surface area contributed by atoms with E-state index in [1.165, 1.54) is 23.0 Å². The van der Waals surface area contributed by atoms with E-state index in [9.17, 15) is 14.9 Å². The number of aromatic nitrogens is 2. The van der Waals surface area contributed by atoms with E-state index in [-0.39, 0.29) is 29.7 Å². The fourth-order valence-corrected chi connectivity index (χ4v) is 4.30. The van der Waals surface area contributed by atoms with Gasteiger partial charge in [0.25, 0.3) is 11.2 Å². The van der Waals surface area contributed by atoms with Crippen molar-refractivity contribution in [2.45, 2.75) is 26.7 Å². The lowest BCUT2D eigenvalue weighted by atomic mass is 9.96. The number of para-hydroxylation sites is 1. The molecule has 0 spiro atoms. The monoisotopic (exact) mass is 500 g/mol. The topological polar surface area (TPSA) is 118 Å². The molecule has 0 fully saturated rings. The Morgan fingerprint density at radius 3 is 2.59 bits per heavy atom. The highest BCUT2D eigenvalue weighted by Crippen LogP contribution is 2.38. The van der Waals surface area contributed by atoms with Crippen LogP contribution in [0.5, 0.6) is 17.2 Å². The number of ether oxygens (including phenoxy) is 3. The fourth-order valence-electron chi connectivity index (χ4n) is 4.30. The van der Waals surface area contributed by atoms with Gasteiger partial charge in [0.15, 0.2) is 17.3 Å². The quantitative estimate of drug-likeness (QED) is 0.207. The molecule has 2 heterocycles. The SMILES string of the molecule is COc1cc(C)c(-c2nc3ccccc3c(=O)n2N=Cc2cc3c(cc2[N+](=O)[O-])OCO3)cc1C(C)C. The lowest BCUT2D eigenvalue weighted by Crippen LogP contribution is -2.21. The minimum Gasteiger partial charge on any atom is -0.496 e. The van der Waals surface area contributed by atoms with E-state index in [4.69, 9.17) is 19.2 Å². The molecule has 1 aliphatic heterocycles. The van der Waals surface area contributed by atoms with E-state index in [1.54, 1.807) is 25.3 Å². The van der Waals surface area contributed by atoms with Crippen molar-refractivity contribution in [1.29, 1.82) is 0 Å². The maximum Gasteiger partial charge on any atom is 0.282 e. The predicted molar refractivity (Wildman–Crippen MR) is 139 cm³/mol. The zero-order valence-corrected chi connectivity index (χ0v) is 20.7. The van der Waals surface area contributed by atoms with E-state index in [0.717, 1.165) is 16.9 Å². The van der Waals surface area contributed by atoms with Crippen LogP contribution in [0.3, 0.4) is 0 Å². The maximum absolute atomic E-state index is 13.6. The second-order valence-electron chi connectivity index (χ2n) is 8.90. The Kier molecular flexibility index (Phi) is 6.08. The number of hydrogen-bond donors (Lipinski definition) is 0. The minimum absolute atomic E-state index is 0.0276. The van der Waals surface area contributed by atoms with Crippen LogP contribution in [0.1, 0.15) is 36.5 Å². The van der Waals surface area contributed by atoms with Crippen LogP contribution in [0.15, 0.2) is 58.4 Å². The molecular weight excluding hydrogens is 476 g/mol. The summed E-state index contributed by atoms with van der Waals surface area (Å²) in [6.07, 6.45) is 1.27. The van der Waals surface area contributed by atoms with Gasteiger partial charge in [-0.3, -0.25) is 14.9 Å². The lowest BCUT2D eigenvalue weighted by molar-refractivity contribution is -0.385. The first-order valence-electron chi connectivity index (χ1n) is 11.6. The third kappa shape index (κ3) is 4.26. The first-order chi connectivity index (χ1) is 17.8. The minimum atomic E-state index is -0.534. The Morgan fingerprint density at radius 2 is 1.89 bits per heavy atom. The van der Waals surface area contributed by atoms with Gasteiger partial charge >= 0.3 is 0 Å². The summed E-state index contributed by atoms with van der Waals surface area (Å²) in [7, 11) is 1.62. The zero-order valence-electron chi connectivity index (χ0n) is 20.7. The summed E-state index contributed by atoms with van der Waals surface area (Å²) in [6.45, 7) is 5.98. The van der Waals surface area contributed by atoms with Crippen LogP contribution in [0, 0.1) is 17.0 Å². The highest BCUT2D eigenvalue weighted by Gasteiger charge is 2.23. The second kappa shape index (κ2) is 9.38. The third-order valence-electron chi connectivity index (χ3n) is 6.22. The first kappa shape index (κ1) is 24.0. The average Bonchev–Trinajstić information content (AvgIpc) is 3.34. The van der Waals surface area contributed by atoms with Crippen molar-refractivity contribution in [3.05, 3.63) is 85.7 Å². The van der Waals surface area contributed by atoms with Crippen molar-refractivity contribution in [1.82, 2.24) is 9.66 Å². The number of nitro groups is 1. The molecule has 5 rings (SSSR count). The van der Waals surface area contributed by atoms with Gasteiger partial charge in [-0.05, 0) is 54.3 Å². The molecule has 1 aliphatic rings. The van der Waals surface area contributed by atoms with Gasteiger partial charge in [0.05, 0.1) is 40.8 Å². The molecule has 0 saturated heterocycles. The summed E-state index contributed by atoms with van der Waals surface area (Å²) >= 11 is 0. The van der Waals surface area contributed by atoms with Gasteiger partial charge in [-0.25, -0.2) is 4.98 Å². The van der Waals surface area contributed by atoms with Crippen LogP contribution in [-0.2, 0) is 0 Å². The summed E-state index contributed by atoms with van der Waals surface area (Å²) in [5.74, 6) is 1.85. The van der Waals surface area contributed by atoms with Gasteiger partial charge in [-0.15, -0.1) is 0 Å². The van der Waals surface area contributed by atoms with E-state index in [1.807, 2.05) is 25.1 Å². The van der Waals surface area contributed by atoms with Crippen molar-refractivity contribution in [2.24, 2.45) is 5.10 Å². The van der Waals surface area contributed by atoms with Gasteiger partial charge in [0, 0.05) is 5.56 Å². The Hall–Kier alpha value is -4.73. The molecule has 0 radical (unpaired) electrons. The molecule has 0 amide bonds. The Bertz CT molecular complexity index is 1640. The van der Waals surface area contributed by atoms with Gasteiger partial charge in [0.1, 0.15) is 5.75 Å². The molecule has 10 nitrogen and oxygen atoms in total. The number of methoxy groups -OCH3 is 1. The molecule has 0 saturated carbocycles. The van der Waals surface area contributed by atoms with E-state index >= 15 is 0 Å². The van der Waals surface area contributed by atoms with Gasteiger partial charge in [-0.2, -0.15) is 9.78 Å². The van der Waals surface area contributed by atoms with Crippen LogP contribution >= 0.6 is 0 Å². The molecule has 0 aliphatic carbocycles. The maximum atomic E-state index is 13.6. The number of nitrogens with zero attached hydrogens (tertiary/aromatic N) is 4. The van der Waals surface area contributed by atoms with Gasteiger partial charge in [-0.1, -0.05) is 26.0 Å². The normalized spacial score (nSPS) is 12.6. The summed E-state index contributed by atoms with van der Waals surface area (Å²) < 4.78 is 17.4. The van der Waals surface area contributed by atoms with E-state index in [0.29, 0.717) is 28.0 Å². The van der Waals surface area contributed by atoms with Gasteiger partial charge in [0.2, 0.25) is 6.79 Å². The molecule has 0 atom stereocenters. The van der Waals surface area contributed by atoms with E-state index < -0.39 is 10.5 Å². The Balaban J connectivity index is 1.75. The smallest absolute Gasteiger partial charge is 0.282 e. The van der Waals surface area contributed by atoms with Crippen LogP contribution < -0.4 is 19.8 Å². The Morgan fingerprint density at radius 1 is 1.16 bits per heavy atom. The summed E-state index contributed by atoms with van der Waals surface area (Å²) in [5, 5.41) is 16.5. The molecular formula is C27H24N4O6. The molecule has 0 N–H and O–H groups in total. The molecule has 4 aromatic rings. The van der Waals surface area contributed by atoms with Crippen LogP contribution in [0.25, 0.3) is 22.3 Å². The van der Waals surface area contributed by atoms with Gasteiger partial charge < -0.3 is 14.2 Å². The number of hydrogen-bond acceptors (Lipinski definition) is 8. The predicted octanol–water partition coefficient (Wildman–Crippen LogP) is 5.02. The lowest BCUT2D eigenvalue weighted by Gasteiger charge is -2.17. The summed E-state index contributed by atoms with van der Waals surface area (Å²) in [6, 6.07) is 13.6. The molecule has 10 heteroatoms. The average molecular weight is 501 g/mol. The first-order valence-corrected chi connectivity index (χ1v) is 11.6. The van der Waals surface area contributed by atoms with Crippen molar-refractivity contribution in [3.8, 4) is 28.6 Å². The molecule has 37 heavy (non-hydrogen) atoms. The molecule has 188 valence electrons. The van der Waals surface area contributed by atoms with Crippen LogP contribution in [-0.4, -0.2) is 34.7 Å². The summed E-state index contributed by atoms with van der Waals surface area (Å²) in [4.78, 5) is 29.6. The number of aryl methyl sites for hydroxylation is 1. The third-order valence-corrected chi connectivity index (χ3v) is 6.22. The van der Waals surface area contributed by atoms with E-state index in [2.05, 4.69) is 18.9 Å². The largest absolute Gasteiger partial charge is 0.496 e. The van der Waals surface area contributed by atoms with Crippen molar-refractivity contribution in [3.63, 3.8) is 0 Å². The number of rotatable bonds is 6. The fraction of sp³-hybridized carbons (Fsp3) is 0.222. The molecule has 0 bridgehead atoms. The number of nitro benzene ring substituents is 1. The van der Waals surface area contributed by atoms with Crippen molar-refractivity contribution < 1.29 is 19.1 Å². The summed E-state index contributed by atoms with van der Waals surface area (Å²) in [5.41, 5.74) is 2.54. The number of fused-ring (bicyclic) bond motifs is 2. The second-order valence-corrected chi connectivity index (χ2v) is 8.90. The highest BCUT2D eigenvalue weighted by molar-refractivity contribution is 5.87. The molecule has 3 aromatic carbocycles. The van der Waals surface area contributed by atoms with Crippen molar-refractivity contribution >= 4 is 22.8 Å². The molecule has 1 aromatic heterocycles. The Labute approximate surface area is 211 Å². The van der Waals surface area contributed by atoms with Crippen LogP contribution in [0.2, 0.25) is 0 Å². The van der Waals surface area contributed by atoms with Crippen LogP contribution in [0.4, 0.5) is 5.69 Å². The number of benzene rings is 3. The molecule has 0 unspecified atom stereocenters. The highest BCUT2D eigenvalue weighted by atomic mass is 16.7. The zero-order chi connectivity index (χ0) is 26.3. The standard InChI is InChI=1S/C27H24N4O6/c1-15(2)19-11-20(16(3)9-23(19)35-4)26-29-21-8-6-5-7-18(21)27(32)30(26)28-13-17-10-24-25(37-14-36-24)12-22(17)31(33)34/h5-13,15H,14H2,1-4H3.